The van der Waals surface area contributed by atoms with Crippen LogP contribution in [0.15, 0.2) is 10.9 Å². The number of hydrogen-bond donors (Lipinski definition) is 4. The van der Waals surface area contributed by atoms with Crippen molar-refractivity contribution in [3.05, 3.63) is 44.7 Å². The van der Waals surface area contributed by atoms with Crippen LogP contribution in [0.5, 0.6) is 5.75 Å². The average Bonchev–Trinajstić information content (AvgIpc) is 3.09. The van der Waals surface area contributed by atoms with Crippen molar-refractivity contribution in [1.29, 1.82) is 0 Å². The van der Waals surface area contributed by atoms with Gasteiger partial charge in [-0.25, -0.2) is 13.6 Å². The largest absolute Gasteiger partial charge is 0.506 e. The molecule has 5 rings (SSSR count). The third kappa shape index (κ3) is 2.50. The van der Waals surface area contributed by atoms with Crippen molar-refractivity contribution in [2.24, 2.45) is 17.6 Å². The minimum atomic E-state index is -1.58. The minimum Gasteiger partial charge on any atom is -0.506 e. The molecule has 2 fully saturated rings. The second-order valence-electron chi connectivity index (χ2n) is 8.06. The molecule has 5 N–H and O–H groups in total. The molecule has 1 aromatic carbocycles. The van der Waals surface area contributed by atoms with Gasteiger partial charge in [0.1, 0.15) is 5.75 Å². The predicted molar refractivity (Wildman–Crippen MR) is 100 cm³/mol. The number of carboxylic acids is 1. The van der Waals surface area contributed by atoms with Crippen LogP contribution in [-0.2, 0) is 12.8 Å². The number of aromatic nitrogens is 1. The van der Waals surface area contributed by atoms with Crippen molar-refractivity contribution < 1.29 is 23.8 Å². The molecule has 2 unspecified atom stereocenters. The number of aryl methyl sites for hydroxylation is 1. The molecule has 1 aliphatic heterocycles. The normalized spacial score (nSPS) is 24.5. The standard InChI is InChI=1S/C20H19F2N3O4/c21-14-11(25-5-9-10(6-25)16(9)23)4-7-2-1-3-8-17(12(7)15(14)22)24-19(27)13(18(8)26)20(28)29/h4,9-10,16H,1-3,5-6,23H2,(H,28,29)(H2,24,26,27). The van der Waals surface area contributed by atoms with Crippen molar-refractivity contribution in [3.8, 4) is 17.0 Å². The summed E-state index contributed by atoms with van der Waals surface area (Å²) in [6.45, 7) is 1.16. The lowest BCUT2D eigenvalue weighted by Crippen LogP contribution is -2.29. The highest BCUT2D eigenvalue weighted by atomic mass is 19.2. The molecule has 0 spiro atoms. The molecule has 0 radical (unpaired) electrons. The number of aromatic carboxylic acids is 1. The first-order valence-electron chi connectivity index (χ1n) is 9.52. The number of halogens is 2. The summed E-state index contributed by atoms with van der Waals surface area (Å²) in [5.74, 6) is -3.79. The molecule has 3 aliphatic rings. The van der Waals surface area contributed by atoms with Crippen LogP contribution in [0, 0.1) is 23.5 Å². The zero-order valence-electron chi connectivity index (χ0n) is 15.3. The number of nitrogens with one attached hydrogen (secondary N) is 1. The summed E-state index contributed by atoms with van der Waals surface area (Å²) in [4.78, 5) is 27.6. The molecule has 0 amide bonds. The average molecular weight is 403 g/mol. The van der Waals surface area contributed by atoms with Crippen LogP contribution >= 0.6 is 0 Å². The molecular formula is C20H19F2N3O4. The maximum Gasteiger partial charge on any atom is 0.345 e. The zero-order chi connectivity index (χ0) is 20.6. The van der Waals surface area contributed by atoms with Gasteiger partial charge in [-0.3, -0.25) is 4.79 Å². The van der Waals surface area contributed by atoms with Crippen molar-refractivity contribution in [1.82, 2.24) is 4.98 Å². The van der Waals surface area contributed by atoms with Crippen LogP contribution in [0.4, 0.5) is 14.5 Å². The van der Waals surface area contributed by atoms with E-state index in [2.05, 4.69) is 4.98 Å². The van der Waals surface area contributed by atoms with Crippen molar-refractivity contribution in [2.45, 2.75) is 25.3 Å². The van der Waals surface area contributed by atoms with Gasteiger partial charge in [-0.2, -0.15) is 0 Å². The SMILES string of the molecule is NC1C2CN(c3cc4c(c(F)c3F)-c3[nH]c(=O)c(C(=O)O)c(O)c3CCC4)CC12. The Morgan fingerprint density at radius 2 is 1.90 bits per heavy atom. The molecule has 1 saturated heterocycles. The van der Waals surface area contributed by atoms with E-state index in [4.69, 9.17) is 5.73 Å². The number of fused-ring (bicyclic) bond motifs is 4. The van der Waals surface area contributed by atoms with Gasteiger partial charge in [0.15, 0.2) is 17.2 Å². The second-order valence-corrected chi connectivity index (χ2v) is 8.06. The molecule has 2 aromatic rings. The topological polar surface area (TPSA) is 120 Å². The van der Waals surface area contributed by atoms with Gasteiger partial charge in [0, 0.05) is 30.3 Å². The fraction of sp³-hybridized carbons (Fsp3) is 0.400. The van der Waals surface area contributed by atoms with Gasteiger partial charge in [0.05, 0.1) is 11.4 Å². The fourth-order valence-electron chi connectivity index (χ4n) is 4.87. The number of nitrogens with two attached hydrogens (primary N) is 1. The van der Waals surface area contributed by atoms with E-state index in [1.54, 1.807) is 11.0 Å². The summed E-state index contributed by atoms with van der Waals surface area (Å²) in [5, 5.41) is 19.5. The molecule has 2 aliphatic carbocycles. The van der Waals surface area contributed by atoms with E-state index >= 15 is 8.78 Å². The Hall–Kier alpha value is -2.94. The summed E-state index contributed by atoms with van der Waals surface area (Å²) >= 11 is 0. The van der Waals surface area contributed by atoms with E-state index in [1.165, 1.54) is 0 Å². The molecular weight excluding hydrogens is 384 g/mol. The van der Waals surface area contributed by atoms with Crippen molar-refractivity contribution >= 4 is 11.7 Å². The minimum absolute atomic E-state index is 0.0563. The zero-order valence-corrected chi connectivity index (χ0v) is 15.3. The third-order valence-electron chi connectivity index (χ3n) is 6.50. The number of pyridine rings is 1. The monoisotopic (exact) mass is 403 g/mol. The fourth-order valence-corrected chi connectivity index (χ4v) is 4.87. The third-order valence-corrected chi connectivity index (χ3v) is 6.50. The van der Waals surface area contributed by atoms with Gasteiger partial charge in [-0.05, 0) is 42.7 Å². The number of rotatable bonds is 2. The van der Waals surface area contributed by atoms with E-state index < -0.39 is 34.5 Å². The Kier molecular flexibility index (Phi) is 3.76. The first-order valence-corrected chi connectivity index (χ1v) is 9.52. The predicted octanol–water partition coefficient (Wildman–Crippen LogP) is 1.61. The van der Waals surface area contributed by atoms with Crippen LogP contribution in [0.3, 0.4) is 0 Å². The Morgan fingerprint density at radius 1 is 1.21 bits per heavy atom. The van der Waals surface area contributed by atoms with Crippen molar-refractivity contribution in [3.63, 3.8) is 0 Å². The summed E-state index contributed by atoms with van der Waals surface area (Å²) in [6.07, 6.45) is 1.11. The first kappa shape index (κ1) is 18.1. The number of H-pyrrole nitrogens is 1. The lowest BCUT2D eigenvalue weighted by Gasteiger charge is -2.24. The molecule has 0 bridgehead atoms. The Labute approximate surface area is 163 Å². The summed E-state index contributed by atoms with van der Waals surface area (Å²) in [5.41, 5.74) is 4.71. The highest BCUT2D eigenvalue weighted by Crippen LogP contribution is 2.47. The van der Waals surface area contributed by atoms with E-state index in [0.29, 0.717) is 43.3 Å². The maximum atomic E-state index is 15.2. The maximum absolute atomic E-state index is 15.2. The molecule has 152 valence electrons. The summed E-state index contributed by atoms with van der Waals surface area (Å²) in [6, 6.07) is 1.72. The molecule has 1 aromatic heterocycles. The van der Waals surface area contributed by atoms with Gasteiger partial charge in [-0.15, -0.1) is 0 Å². The number of piperidine rings is 1. The number of aromatic amines is 1. The lowest BCUT2D eigenvalue weighted by molar-refractivity contribution is 0.0691. The molecule has 7 nitrogen and oxygen atoms in total. The quantitative estimate of drug-likeness (QED) is 0.605. The highest BCUT2D eigenvalue weighted by molar-refractivity contribution is 5.92. The molecule has 2 heterocycles. The smallest absolute Gasteiger partial charge is 0.345 e. The Bertz CT molecular complexity index is 1120. The number of benzene rings is 1. The molecule has 9 heteroatoms. The first-order chi connectivity index (χ1) is 13.8. The lowest BCUT2D eigenvalue weighted by atomic mass is 9.97. The van der Waals surface area contributed by atoms with Crippen molar-refractivity contribution in [2.75, 3.05) is 18.0 Å². The van der Waals surface area contributed by atoms with Gasteiger partial charge >= 0.3 is 5.97 Å². The van der Waals surface area contributed by atoms with Crippen LogP contribution in [0.25, 0.3) is 11.3 Å². The number of carboxylic acid groups (broad SMARTS) is 1. The summed E-state index contributed by atoms with van der Waals surface area (Å²) < 4.78 is 30.2. The van der Waals surface area contributed by atoms with Gasteiger partial charge in [-0.1, -0.05) is 0 Å². The molecule has 29 heavy (non-hydrogen) atoms. The van der Waals surface area contributed by atoms with E-state index in [-0.39, 0.29) is 35.0 Å². The molecule has 1 saturated carbocycles. The van der Waals surface area contributed by atoms with Crippen LogP contribution < -0.4 is 16.2 Å². The van der Waals surface area contributed by atoms with Crippen LogP contribution in [-0.4, -0.2) is 40.3 Å². The number of nitrogens with zero attached hydrogens (tertiary/aromatic N) is 1. The number of aromatic hydroxyl groups is 1. The number of anilines is 1. The van der Waals surface area contributed by atoms with Gasteiger partial charge in [0.2, 0.25) is 0 Å². The number of carbonyl (C=O) groups is 1. The summed E-state index contributed by atoms with van der Waals surface area (Å²) in [7, 11) is 0. The van der Waals surface area contributed by atoms with Crippen LogP contribution in [0.1, 0.15) is 27.9 Å². The highest BCUT2D eigenvalue weighted by Gasteiger charge is 2.54. The van der Waals surface area contributed by atoms with E-state index in [1.807, 2.05) is 0 Å². The Morgan fingerprint density at radius 3 is 2.55 bits per heavy atom. The second kappa shape index (κ2) is 6.03. The molecule has 2 atom stereocenters. The van der Waals surface area contributed by atoms with Crippen LogP contribution in [0.2, 0.25) is 0 Å². The van der Waals surface area contributed by atoms with Gasteiger partial charge in [0.25, 0.3) is 5.56 Å². The number of hydrogen-bond acceptors (Lipinski definition) is 5. The van der Waals surface area contributed by atoms with E-state index in [0.717, 1.165) is 0 Å². The van der Waals surface area contributed by atoms with Gasteiger partial charge < -0.3 is 25.8 Å². The van der Waals surface area contributed by atoms with E-state index in [9.17, 15) is 19.8 Å². The Balaban J connectivity index is 1.67.